The second-order valence-corrected chi connectivity index (χ2v) is 8.29. The molecule has 186 valence electrons. The van der Waals surface area contributed by atoms with E-state index in [0.29, 0.717) is 43.8 Å². The third kappa shape index (κ3) is 6.40. The molecule has 0 aliphatic carbocycles. The molecule has 9 nitrogen and oxygen atoms in total. The number of alkyl halides is 3. The van der Waals surface area contributed by atoms with E-state index in [4.69, 9.17) is 10.5 Å². The summed E-state index contributed by atoms with van der Waals surface area (Å²) in [5.41, 5.74) is 10.1. The van der Waals surface area contributed by atoms with E-state index in [2.05, 4.69) is 20.5 Å². The average molecular weight is 491 g/mol. The van der Waals surface area contributed by atoms with Crippen molar-refractivity contribution in [1.29, 1.82) is 0 Å². The van der Waals surface area contributed by atoms with Crippen LogP contribution in [-0.4, -0.2) is 48.8 Å². The minimum atomic E-state index is -4.76. The van der Waals surface area contributed by atoms with E-state index in [1.165, 1.54) is 24.3 Å². The number of amides is 2. The lowest BCUT2D eigenvalue weighted by Crippen LogP contribution is -2.42. The summed E-state index contributed by atoms with van der Waals surface area (Å²) in [6.45, 7) is 1.38. The number of nitrogens with two attached hydrogens (primary N) is 1. The first-order valence-corrected chi connectivity index (χ1v) is 11.0. The largest absolute Gasteiger partial charge is 0.573 e. The Bertz CT molecular complexity index is 1090. The maximum Gasteiger partial charge on any atom is 0.573 e. The van der Waals surface area contributed by atoms with Gasteiger partial charge in [0.2, 0.25) is 5.91 Å². The van der Waals surface area contributed by atoms with Gasteiger partial charge in [-0.05, 0) is 35.4 Å². The number of rotatable bonds is 7. The number of halogens is 3. The molecule has 35 heavy (non-hydrogen) atoms. The number of piperidine rings is 1. The molecular formula is C23H24F3N5O4. The van der Waals surface area contributed by atoms with E-state index in [1.807, 2.05) is 6.07 Å². The zero-order valence-corrected chi connectivity index (χ0v) is 18.6. The van der Waals surface area contributed by atoms with Crippen LogP contribution >= 0.6 is 0 Å². The Balaban J connectivity index is 1.30. The fourth-order valence-corrected chi connectivity index (χ4v) is 4.01. The van der Waals surface area contributed by atoms with Gasteiger partial charge in [-0.1, -0.05) is 23.4 Å². The van der Waals surface area contributed by atoms with Gasteiger partial charge < -0.3 is 20.1 Å². The SMILES string of the molecule is NC(=O)c1cc(C2CN=NN2)ccc1OC1CCN(C(=O)Cc2ccc(OC(F)(F)F)cc2)CC1. The Morgan fingerprint density at radius 1 is 1.11 bits per heavy atom. The van der Waals surface area contributed by atoms with Crippen LogP contribution in [0.1, 0.15) is 40.4 Å². The van der Waals surface area contributed by atoms with Gasteiger partial charge in [-0.15, -0.1) is 13.2 Å². The summed E-state index contributed by atoms with van der Waals surface area (Å²) in [4.78, 5) is 26.3. The summed E-state index contributed by atoms with van der Waals surface area (Å²) in [6, 6.07) is 10.3. The van der Waals surface area contributed by atoms with E-state index in [0.717, 1.165) is 5.56 Å². The molecule has 0 bridgehead atoms. The Morgan fingerprint density at radius 3 is 2.43 bits per heavy atom. The summed E-state index contributed by atoms with van der Waals surface area (Å²) in [5.74, 6) is -0.679. The fourth-order valence-electron chi connectivity index (χ4n) is 4.01. The van der Waals surface area contributed by atoms with Crippen molar-refractivity contribution in [2.45, 2.75) is 37.8 Å². The minimum Gasteiger partial charge on any atom is -0.489 e. The molecule has 1 unspecified atom stereocenters. The zero-order valence-electron chi connectivity index (χ0n) is 18.6. The van der Waals surface area contributed by atoms with E-state index < -0.39 is 12.3 Å². The molecule has 1 fully saturated rings. The molecule has 12 heteroatoms. The van der Waals surface area contributed by atoms with Gasteiger partial charge >= 0.3 is 6.36 Å². The highest BCUT2D eigenvalue weighted by Gasteiger charge is 2.31. The van der Waals surface area contributed by atoms with Crippen LogP contribution < -0.4 is 20.6 Å². The second kappa shape index (κ2) is 10.2. The predicted octanol–water partition coefficient (Wildman–Crippen LogP) is 3.31. The minimum absolute atomic E-state index is 0.0683. The summed E-state index contributed by atoms with van der Waals surface area (Å²) >= 11 is 0. The Labute approximate surface area is 199 Å². The summed E-state index contributed by atoms with van der Waals surface area (Å²) in [7, 11) is 0. The number of primary amides is 1. The number of benzene rings is 2. The van der Waals surface area contributed by atoms with Crippen LogP contribution in [0, 0.1) is 0 Å². The molecule has 4 rings (SSSR count). The summed E-state index contributed by atoms with van der Waals surface area (Å²) < 4.78 is 46.7. The van der Waals surface area contributed by atoms with Gasteiger partial charge in [0, 0.05) is 25.9 Å². The lowest BCUT2D eigenvalue weighted by atomic mass is 10.0. The lowest BCUT2D eigenvalue weighted by Gasteiger charge is -2.32. The molecule has 2 aliphatic heterocycles. The highest BCUT2D eigenvalue weighted by molar-refractivity contribution is 5.95. The van der Waals surface area contributed by atoms with Gasteiger partial charge in [0.15, 0.2) is 0 Å². The van der Waals surface area contributed by atoms with Crippen LogP contribution in [0.5, 0.6) is 11.5 Å². The molecule has 2 aromatic rings. The lowest BCUT2D eigenvalue weighted by molar-refractivity contribution is -0.274. The highest BCUT2D eigenvalue weighted by atomic mass is 19.4. The van der Waals surface area contributed by atoms with Crippen LogP contribution in [0.3, 0.4) is 0 Å². The van der Waals surface area contributed by atoms with Crippen LogP contribution in [0.2, 0.25) is 0 Å². The van der Waals surface area contributed by atoms with Crippen molar-refractivity contribution in [2.24, 2.45) is 16.1 Å². The number of carbonyl (C=O) groups is 2. The fraction of sp³-hybridized carbons (Fsp3) is 0.391. The van der Waals surface area contributed by atoms with E-state index in [-0.39, 0.29) is 35.8 Å². The standard InChI is InChI=1S/C23H24F3N5O4/c24-23(25,26)35-17-4-1-14(2-5-17)11-21(32)31-9-7-16(8-10-31)34-20-6-3-15(12-18(20)22(27)33)19-13-28-30-29-19/h1-6,12,16,19H,7-11,13H2,(H2,27,33)(H,28,29). The maximum atomic E-state index is 12.6. The van der Waals surface area contributed by atoms with Crippen LogP contribution in [-0.2, 0) is 11.2 Å². The molecule has 0 saturated carbocycles. The molecule has 2 aliphatic rings. The molecule has 2 amide bonds. The molecule has 1 atom stereocenters. The van der Waals surface area contributed by atoms with Gasteiger partial charge in [0.25, 0.3) is 5.91 Å². The molecular weight excluding hydrogens is 467 g/mol. The molecule has 2 aromatic carbocycles. The monoisotopic (exact) mass is 491 g/mol. The predicted molar refractivity (Wildman–Crippen MR) is 118 cm³/mol. The van der Waals surface area contributed by atoms with Gasteiger partial charge in [-0.25, -0.2) is 0 Å². The molecule has 2 heterocycles. The van der Waals surface area contributed by atoms with Gasteiger partial charge in [-0.2, -0.15) is 5.11 Å². The van der Waals surface area contributed by atoms with Crippen molar-refractivity contribution in [3.05, 3.63) is 59.2 Å². The van der Waals surface area contributed by atoms with E-state index in [1.54, 1.807) is 17.0 Å². The third-order valence-corrected chi connectivity index (χ3v) is 5.82. The van der Waals surface area contributed by atoms with Crippen molar-refractivity contribution in [3.8, 4) is 11.5 Å². The molecule has 0 radical (unpaired) electrons. The highest BCUT2D eigenvalue weighted by Crippen LogP contribution is 2.28. The number of nitrogens with zero attached hydrogens (tertiary/aromatic N) is 3. The van der Waals surface area contributed by atoms with Crippen molar-refractivity contribution >= 4 is 11.8 Å². The van der Waals surface area contributed by atoms with Crippen LogP contribution in [0.25, 0.3) is 0 Å². The van der Waals surface area contributed by atoms with Gasteiger partial charge in [0.05, 0.1) is 24.6 Å². The Hall–Kier alpha value is -3.83. The smallest absolute Gasteiger partial charge is 0.489 e. The van der Waals surface area contributed by atoms with Crippen LogP contribution in [0.15, 0.2) is 52.8 Å². The zero-order chi connectivity index (χ0) is 25.0. The van der Waals surface area contributed by atoms with E-state index >= 15 is 0 Å². The maximum absolute atomic E-state index is 12.6. The van der Waals surface area contributed by atoms with E-state index in [9.17, 15) is 22.8 Å². The topological polar surface area (TPSA) is 119 Å². The summed E-state index contributed by atoms with van der Waals surface area (Å²) in [5, 5.41) is 7.63. The normalized spacial score (nSPS) is 18.3. The number of carbonyl (C=O) groups excluding carboxylic acids is 2. The number of hydrogen-bond acceptors (Lipinski definition) is 7. The molecule has 3 N–H and O–H groups in total. The van der Waals surface area contributed by atoms with Crippen LogP contribution in [0.4, 0.5) is 13.2 Å². The summed E-state index contributed by atoms with van der Waals surface area (Å²) in [6.07, 6.45) is -3.77. The first-order valence-electron chi connectivity index (χ1n) is 11.0. The molecule has 0 aromatic heterocycles. The Morgan fingerprint density at radius 2 is 1.83 bits per heavy atom. The van der Waals surface area contributed by atoms with Gasteiger partial charge in [0.1, 0.15) is 17.6 Å². The van der Waals surface area contributed by atoms with Crippen molar-refractivity contribution < 1.29 is 32.2 Å². The second-order valence-electron chi connectivity index (χ2n) is 8.29. The van der Waals surface area contributed by atoms with Gasteiger partial charge in [-0.3, -0.25) is 15.0 Å². The third-order valence-electron chi connectivity index (χ3n) is 5.82. The number of ether oxygens (including phenoxy) is 2. The molecule has 0 spiro atoms. The van der Waals surface area contributed by atoms with Crippen molar-refractivity contribution in [3.63, 3.8) is 0 Å². The van der Waals surface area contributed by atoms with Crippen molar-refractivity contribution in [1.82, 2.24) is 10.3 Å². The number of nitrogens with one attached hydrogen (secondary N) is 1. The Kier molecular flexibility index (Phi) is 7.08. The first kappa shape index (κ1) is 24.3. The molecule has 1 saturated heterocycles. The number of hydrogen-bond donors (Lipinski definition) is 2. The first-order chi connectivity index (χ1) is 16.7. The quantitative estimate of drug-likeness (QED) is 0.616. The van der Waals surface area contributed by atoms with Crippen molar-refractivity contribution in [2.75, 3.05) is 19.6 Å². The number of likely N-dealkylation sites (tertiary alicyclic amines) is 1. The average Bonchev–Trinajstić information content (AvgIpc) is 3.35.